The number of methoxy groups -OCH3 is 1. The van der Waals surface area contributed by atoms with Crippen LogP contribution in [-0.2, 0) is 19.4 Å². The van der Waals surface area contributed by atoms with Crippen molar-refractivity contribution in [2.75, 3.05) is 12.4 Å². The van der Waals surface area contributed by atoms with E-state index in [2.05, 4.69) is 43.8 Å². The lowest BCUT2D eigenvalue weighted by Crippen LogP contribution is -2.14. The summed E-state index contributed by atoms with van der Waals surface area (Å²) in [7, 11) is 1.64. The van der Waals surface area contributed by atoms with Crippen molar-refractivity contribution in [3.8, 4) is 11.5 Å². The molecular weight excluding hydrogens is 675 g/mol. The number of rotatable bonds is 8. The Morgan fingerprint density at radius 2 is 1.87 bits per heavy atom. The van der Waals surface area contributed by atoms with E-state index in [9.17, 15) is 4.79 Å². The molecule has 38 heavy (non-hydrogen) atoms. The molecule has 0 aliphatic heterocycles. The number of ether oxygens (including phenoxy) is 2. The Balaban J connectivity index is 1.40. The van der Waals surface area contributed by atoms with Gasteiger partial charge in [-0.3, -0.25) is 4.79 Å². The number of carbonyl (C=O) groups excluding carboxylic acids is 1. The molecule has 0 radical (unpaired) electrons. The quantitative estimate of drug-likeness (QED) is 0.148. The van der Waals surface area contributed by atoms with Gasteiger partial charge in [0.05, 0.1) is 16.2 Å². The largest absolute Gasteiger partial charge is 0.493 e. The molecule has 8 heteroatoms. The molecule has 5 rings (SSSR count). The molecular formula is C30H26BrIN2O3S. The van der Waals surface area contributed by atoms with Crippen LogP contribution in [0.4, 0.5) is 10.7 Å². The number of aryl methyl sites for hydroxylation is 1. The molecule has 0 fully saturated rings. The van der Waals surface area contributed by atoms with Crippen molar-refractivity contribution in [3.05, 3.63) is 102 Å². The maximum Gasteiger partial charge on any atom is 0.259 e. The molecule has 1 N–H and O–H groups in total. The lowest BCUT2D eigenvalue weighted by molar-refractivity contribution is 0.102. The minimum absolute atomic E-state index is 0.105. The molecule has 0 atom stereocenters. The van der Waals surface area contributed by atoms with Gasteiger partial charge in [0.25, 0.3) is 5.91 Å². The number of nitrogens with zero attached hydrogens (tertiary/aromatic N) is 1. The average molecular weight is 701 g/mol. The summed E-state index contributed by atoms with van der Waals surface area (Å²) in [6.45, 7) is 0.438. The van der Waals surface area contributed by atoms with Crippen molar-refractivity contribution in [2.24, 2.45) is 4.99 Å². The lowest BCUT2D eigenvalue weighted by atomic mass is 9.95. The first-order valence-corrected chi connectivity index (χ1v) is 15.0. The molecule has 5 nitrogen and oxygen atoms in total. The number of para-hydroxylation sites is 1. The molecule has 0 spiro atoms. The van der Waals surface area contributed by atoms with Crippen LogP contribution in [0.2, 0.25) is 0 Å². The van der Waals surface area contributed by atoms with Gasteiger partial charge in [-0.15, -0.1) is 11.3 Å². The van der Waals surface area contributed by atoms with Crippen molar-refractivity contribution in [2.45, 2.75) is 32.3 Å². The van der Waals surface area contributed by atoms with E-state index in [0.717, 1.165) is 61.1 Å². The Morgan fingerprint density at radius 1 is 1.11 bits per heavy atom. The van der Waals surface area contributed by atoms with E-state index in [1.54, 1.807) is 24.7 Å². The topological polar surface area (TPSA) is 59.9 Å². The minimum atomic E-state index is -0.105. The van der Waals surface area contributed by atoms with Crippen LogP contribution in [0.25, 0.3) is 0 Å². The maximum absolute atomic E-state index is 13.4. The third-order valence-electron chi connectivity index (χ3n) is 6.29. The van der Waals surface area contributed by atoms with Crippen LogP contribution >= 0.6 is 49.9 Å². The summed E-state index contributed by atoms with van der Waals surface area (Å²) in [6.07, 6.45) is 5.95. The van der Waals surface area contributed by atoms with Crippen LogP contribution in [0.15, 0.2) is 76.2 Å². The first kappa shape index (κ1) is 26.9. The molecule has 4 aromatic rings. The number of thiophene rings is 1. The third-order valence-corrected chi connectivity index (χ3v) is 8.82. The Labute approximate surface area is 248 Å². The van der Waals surface area contributed by atoms with Crippen LogP contribution < -0.4 is 14.8 Å². The van der Waals surface area contributed by atoms with Crippen LogP contribution in [0.1, 0.15) is 44.8 Å². The molecule has 1 aromatic heterocycles. The number of hydrogen-bond acceptors (Lipinski definition) is 5. The standard InChI is InChI=1S/C30H26BrIN2O3S/c1-36-25-16-20(15-24(32)28(25)37-18-19-11-13-21(31)14-12-19)17-33-30-27(23-9-5-6-10-26(23)38-30)29(35)34-22-7-3-2-4-8-22/h2-4,7-8,11-17H,5-6,9-10,18H2,1H3,(H,34,35). The van der Waals surface area contributed by atoms with E-state index < -0.39 is 0 Å². The van der Waals surface area contributed by atoms with Crippen LogP contribution in [0.5, 0.6) is 11.5 Å². The summed E-state index contributed by atoms with van der Waals surface area (Å²) in [5.74, 6) is 1.23. The lowest BCUT2D eigenvalue weighted by Gasteiger charge is -2.14. The van der Waals surface area contributed by atoms with E-state index in [0.29, 0.717) is 23.7 Å². The molecule has 0 saturated carbocycles. The van der Waals surface area contributed by atoms with Crippen molar-refractivity contribution in [3.63, 3.8) is 0 Å². The van der Waals surface area contributed by atoms with Gasteiger partial charge in [-0.1, -0.05) is 46.3 Å². The molecule has 0 unspecified atom stereocenters. The van der Waals surface area contributed by atoms with Gasteiger partial charge < -0.3 is 14.8 Å². The molecule has 1 aliphatic carbocycles. The number of hydrogen-bond donors (Lipinski definition) is 1. The monoisotopic (exact) mass is 700 g/mol. The molecule has 1 heterocycles. The molecule has 0 saturated heterocycles. The number of nitrogens with one attached hydrogen (secondary N) is 1. The van der Waals surface area contributed by atoms with E-state index in [1.807, 2.05) is 66.7 Å². The molecule has 0 bridgehead atoms. The second-order valence-electron chi connectivity index (χ2n) is 8.92. The number of halogens is 2. The zero-order valence-electron chi connectivity index (χ0n) is 20.8. The van der Waals surface area contributed by atoms with E-state index in [-0.39, 0.29) is 5.91 Å². The minimum Gasteiger partial charge on any atom is -0.493 e. The summed E-state index contributed by atoms with van der Waals surface area (Å²) in [4.78, 5) is 19.5. The summed E-state index contributed by atoms with van der Waals surface area (Å²) in [5, 5.41) is 3.80. The van der Waals surface area contributed by atoms with Crippen molar-refractivity contribution < 1.29 is 14.3 Å². The summed E-state index contributed by atoms with van der Waals surface area (Å²) < 4.78 is 13.7. The van der Waals surface area contributed by atoms with Gasteiger partial charge >= 0.3 is 0 Å². The number of aliphatic imine (C=N–C) groups is 1. The van der Waals surface area contributed by atoms with Gasteiger partial charge in [0.2, 0.25) is 0 Å². The zero-order valence-corrected chi connectivity index (χ0v) is 25.4. The number of anilines is 1. The van der Waals surface area contributed by atoms with Gasteiger partial charge in [0.1, 0.15) is 11.6 Å². The smallest absolute Gasteiger partial charge is 0.259 e. The Morgan fingerprint density at radius 3 is 2.63 bits per heavy atom. The fraction of sp³-hybridized carbons (Fsp3) is 0.200. The number of fused-ring (bicyclic) bond motifs is 1. The molecule has 1 amide bonds. The maximum atomic E-state index is 13.4. The average Bonchev–Trinajstić information content (AvgIpc) is 3.31. The van der Waals surface area contributed by atoms with Gasteiger partial charge in [0, 0.05) is 21.3 Å². The normalized spacial score (nSPS) is 12.8. The van der Waals surface area contributed by atoms with Gasteiger partial charge in [-0.05, 0) is 101 Å². The van der Waals surface area contributed by atoms with E-state index in [1.165, 1.54) is 4.88 Å². The number of benzene rings is 3. The fourth-order valence-electron chi connectivity index (χ4n) is 4.42. The SMILES string of the molecule is COc1cc(C=Nc2sc3c(c2C(=O)Nc2ccccc2)CCCC3)cc(I)c1OCc1ccc(Br)cc1. The van der Waals surface area contributed by atoms with Crippen LogP contribution in [0, 0.1) is 3.57 Å². The Kier molecular flexibility index (Phi) is 8.81. The predicted octanol–water partition coefficient (Wildman–Crippen LogP) is 8.58. The highest BCUT2D eigenvalue weighted by molar-refractivity contribution is 14.1. The summed E-state index contributed by atoms with van der Waals surface area (Å²) in [6, 6.07) is 21.5. The Bertz CT molecular complexity index is 1470. The van der Waals surface area contributed by atoms with Crippen molar-refractivity contribution in [1.29, 1.82) is 0 Å². The zero-order chi connectivity index (χ0) is 26.5. The van der Waals surface area contributed by atoms with Gasteiger partial charge in [0.15, 0.2) is 11.5 Å². The van der Waals surface area contributed by atoms with E-state index in [4.69, 9.17) is 14.5 Å². The molecule has 1 aliphatic rings. The second kappa shape index (κ2) is 12.4. The van der Waals surface area contributed by atoms with Gasteiger partial charge in [-0.2, -0.15) is 0 Å². The number of amides is 1. The van der Waals surface area contributed by atoms with Gasteiger partial charge in [-0.25, -0.2) is 4.99 Å². The fourth-order valence-corrected chi connectivity index (χ4v) is 6.69. The second-order valence-corrected chi connectivity index (χ2v) is 12.1. The predicted molar refractivity (Wildman–Crippen MR) is 167 cm³/mol. The first-order chi connectivity index (χ1) is 18.5. The highest BCUT2D eigenvalue weighted by Gasteiger charge is 2.25. The van der Waals surface area contributed by atoms with Crippen molar-refractivity contribution in [1.82, 2.24) is 0 Å². The molecule has 194 valence electrons. The van der Waals surface area contributed by atoms with Crippen LogP contribution in [-0.4, -0.2) is 19.2 Å². The summed E-state index contributed by atoms with van der Waals surface area (Å²) in [5.41, 5.74) is 4.57. The highest BCUT2D eigenvalue weighted by atomic mass is 127. The number of carbonyl (C=O) groups is 1. The van der Waals surface area contributed by atoms with Crippen LogP contribution in [0.3, 0.4) is 0 Å². The third kappa shape index (κ3) is 6.30. The summed E-state index contributed by atoms with van der Waals surface area (Å²) >= 11 is 7.35. The highest BCUT2D eigenvalue weighted by Crippen LogP contribution is 2.41. The van der Waals surface area contributed by atoms with Crippen molar-refractivity contribution >= 4 is 72.7 Å². The van der Waals surface area contributed by atoms with E-state index >= 15 is 0 Å². The first-order valence-electron chi connectivity index (χ1n) is 12.3. The Hall–Kier alpha value is -2.69. The molecule has 3 aromatic carbocycles.